The van der Waals surface area contributed by atoms with Gasteiger partial charge in [-0.1, -0.05) is 49.9 Å². The van der Waals surface area contributed by atoms with Crippen molar-refractivity contribution in [2.75, 3.05) is 17.3 Å². The summed E-state index contributed by atoms with van der Waals surface area (Å²) < 4.78 is 24.7. The van der Waals surface area contributed by atoms with Crippen LogP contribution in [0.3, 0.4) is 0 Å². The van der Waals surface area contributed by atoms with Crippen LogP contribution in [0.4, 0.5) is 0 Å². The molecule has 9 heteroatoms. The molecule has 1 saturated heterocycles. The molecule has 1 aromatic carbocycles. The molecule has 0 aliphatic carbocycles. The van der Waals surface area contributed by atoms with E-state index in [0.29, 0.717) is 22.6 Å². The lowest BCUT2D eigenvalue weighted by atomic mass is 10.1. The second-order valence-electron chi connectivity index (χ2n) is 6.94. The summed E-state index contributed by atoms with van der Waals surface area (Å²) in [5, 5.41) is 0.533. The Morgan fingerprint density at radius 3 is 2.52 bits per heavy atom. The molecule has 1 fully saturated rings. The molecule has 1 aliphatic heterocycles. The van der Waals surface area contributed by atoms with Gasteiger partial charge in [-0.15, -0.1) is 0 Å². The van der Waals surface area contributed by atoms with Crippen molar-refractivity contribution in [3.63, 3.8) is 0 Å². The van der Waals surface area contributed by atoms with Crippen LogP contribution in [0.1, 0.15) is 41.9 Å². The molecule has 2 aromatic rings. The fourth-order valence-electron chi connectivity index (χ4n) is 3.30. The predicted molar refractivity (Wildman–Crippen MR) is 119 cm³/mol. The van der Waals surface area contributed by atoms with Gasteiger partial charge in [0.15, 0.2) is 15.0 Å². The molecule has 29 heavy (non-hydrogen) atoms. The zero-order chi connectivity index (χ0) is 21.0. The Bertz CT molecular complexity index is 981. The Morgan fingerprint density at radius 1 is 1.24 bits per heavy atom. The average molecular weight is 498 g/mol. The summed E-state index contributed by atoms with van der Waals surface area (Å²) >= 11 is 4.84. The Hall–Kier alpha value is -1.45. The molecule has 0 N–H and O–H groups in total. The van der Waals surface area contributed by atoms with Crippen LogP contribution in [-0.2, 0) is 22.8 Å². The van der Waals surface area contributed by atoms with Crippen LogP contribution >= 0.6 is 27.7 Å². The van der Waals surface area contributed by atoms with Gasteiger partial charge >= 0.3 is 0 Å². The van der Waals surface area contributed by atoms with E-state index >= 15 is 0 Å². The fraction of sp³-hybridized carbons (Fsp3) is 0.450. The molecule has 3 rings (SSSR count). The van der Waals surface area contributed by atoms with Crippen LogP contribution in [0.5, 0.6) is 0 Å². The monoisotopic (exact) mass is 497 g/mol. The maximum Gasteiger partial charge on any atom is 0.274 e. The number of benzene rings is 1. The molecule has 6 nitrogen and oxygen atoms in total. The Labute approximate surface area is 184 Å². The highest BCUT2D eigenvalue weighted by Crippen LogP contribution is 2.26. The number of hydrogen-bond acceptors (Lipinski definition) is 6. The molecule has 1 aromatic heterocycles. The third-order valence-electron chi connectivity index (χ3n) is 4.89. The molecule has 1 aliphatic rings. The molecule has 2 heterocycles. The SMILES string of the molecule is CCSc1ncc(Br)c(C(=O)N(Cc2ccc(CC)cc2)C2CCS(=O)(=O)C2)n1. The highest BCUT2D eigenvalue weighted by Gasteiger charge is 2.36. The van der Waals surface area contributed by atoms with E-state index in [1.165, 1.54) is 17.3 Å². The zero-order valence-electron chi connectivity index (χ0n) is 16.5. The van der Waals surface area contributed by atoms with Crippen molar-refractivity contribution in [2.45, 2.75) is 44.4 Å². The first-order valence-corrected chi connectivity index (χ1v) is 13.2. The lowest BCUT2D eigenvalue weighted by Gasteiger charge is -2.28. The van der Waals surface area contributed by atoms with E-state index in [2.05, 4.69) is 32.8 Å². The number of thioether (sulfide) groups is 1. The van der Waals surface area contributed by atoms with Gasteiger partial charge in [0, 0.05) is 18.8 Å². The van der Waals surface area contributed by atoms with Gasteiger partial charge in [-0.25, -0.2) is 18.4 Å². The van der Waals surface area contributed by atoms with Crippen LogP contribution in [-0.4, -0.2) is 52.5 Å². The highest BCUT2D eigenvalue weighted by atomic mass is 79.9. The molecule has 1 atom stereocenters. The minimum absolute atomic E-state index is 0.00888. The topological polar surface area (TPSA) is 80.2 Å². The van der Waals surface area contributed by atoms with Crippen molar-refractivity contribution in [2.24, 2.45) is 0 Å². The molecular weight excluding hydrogens is 474 g/mol. The lowest BCUT2D eigenvalue weighted by Crippen LogP contribution is -2.41. The van der Waals surface area contributed by atoms with E-state index in [1.54, 1.807) is 11.1 Å². The minimum Gasteiger partial charge on any atom is -0.329 e. The molecule has 0 radical (unpaired) electrons. The standard InChI is InChI=1S/C20H24BrN3O3S2/c1-3-14-5-7-15(8-6-14)12-24(16-9-10-29(26,27)13-16)19(25)18-17(21)11-22-20(23-18)28-4-2/h5-8,11,16H,3-4,9-10,12-13H2,1-2H3. The quantitative estimate of drug-likeness (QED) is 0.428. The predicted octanol–water partition coefficient (Wildman–Crippen LogP) is 3.74. The first-order valence-electron chi connectivity index (χ1n) is 9.57. The van der Waals surface area contributed by atoms with Crippen LogP contribution in [0.15, 0.2) is 40.1 Å². The van der Waals surface area contributed by atoms with Crippen LogP contribution in [0.25, 0.3) is 0 Å². The van der Waals surface area contributed by atoms with E-state index in [0.717, 1.165) is 17.7 Å². The Kier molecular flexibility index (Phi) is 7.34. The first-order chi connectivity index (χ1) is 13.8. The minimum atomic E-state index is -3.13. The van der Waals surface area contributed by atoms with Crippen molar-refractivity contribution in [3.05, 3.63) is 51.8 Å². The van der Waals surface area contributed by atoms with Gasteiger partial charge in [0.05, 0.1) is 16.0 Å². The number of aryl methyl sites for hydroxylation is 1. The second kappa shape index (κ2) is 9.57. The van der Waals surface area contributed by atoms with E-state index in [9.17, 15) is 13.2 Å². The number of hydrogen-bond donors (Lipinski definition) is 0. The van der Waals surface area contributed by atoms with Crippen molar-refractivity contribution in [3.8, 4) is 0 Å². The molecule has 1 unspecified atom stereocenters. The largest absolute Gasteiger partial charge is 0.329 e. The van der Waals surface area contributed by atoms with Gasteiger partial charge in [0.2, 0.25) is 0 Å². The third kappa shape index (κ3) is 5.58. The number of amides is 1. The van der Waals surface area contributed by atoms with E-state index in [4.69, 9.17) is 0 Å². The molecule has 156 valence electrons. The van der Waals surface area contributed by atoms with Crippen LogP contribution < -0.4 is 0 Å². The van der Waals surface area contributed by atoms with Gasteiger partial charge in [0.1, 0.15) is 5.69 Å². The van der Waals surface area contributed by atoms with Gasteiger partial charge in [-0.2, -0.15) is 0 Å². The zero-order valence-corrected chi connectivity index (χ0v) is 19.7. The third-order valence-corrected chi connectivity index (χ3v) is 7.97. The molecule has 0 saturated carbocycles. The number of nitrogens with zero attached hydrogens (tertiary/aromatic N) is 3. The summed E-state index contributed by atoms with van der Waals surface area (Å²) in [5.74, 6) is 0.617. The van der Waals surface area contributed by atoms with E-state index < -0.39 is 9.84 Å². The summed E-state index contributed by atoms with van der Waals surface area (Å²) in [6, 6.07) is 7.72. The van der Waals surface area contributed by atoms with Crippen molar-refractivity contribution >= 4 is 43.4 Å². The van der Waals surface area contributed by atoms with Crippen molar-refractivity contribution in [1.82, 2.24) is 14.9 Å². The summed E-state index contributed by atoms with van der Waals surface area (Å²) in [5.41, 5.74) is 2.45. The van der Waals surface area contributed by atoms with Gasteiger partial charge in [-0.3, -0.25) is 4.79 Å². The van der Waals surface area contributed by atoms with Gasteiger partial charge in [-0.05, 0) is 45.7 Å². The summed E-state index contributed by atoms with van der Waals surface area (Å²) in [4.78, 5) is 23.8. The van der Waals surface area contributed by atoms with Gasteiger partial charge in [0.25, 0.3) is 5.91 Å². The number of sulfone groups is 1. The second-order valence-corrected chi connectivity index (χ2v) is 11.3. The fourth-order valence-corrected chi connectivity index (χ4v) is 5.93. The first kappa shape index (κ1) is 22.2. The van der Waals surface area contributed by atoms with Crippen molar-refractivity contribution in [1.29, 1.82) is 0 Å². The Balaban J connectivity index is 1.93. The van der Waals surface area contributed by atoms with E-state index in [-0.39, 0.29) is 29.1 Å². The molecule has 0 bridgehead atoms. The molecule has 0 spiro atoms. The summed E-state index contributed by atoms with van der Waals surface area (Å²) in [7, 11) is -3.13. The Morgan fingerprint density at radius 2 is 1.93 bits per heavy atom. The smallest absolute Gasteiger partial charge is 0.274 e. The van der Waals surface area contributed by atoms with Gasteiger partial charge < -0.3 is 4.90 Å². The number of rotatable bonds is 7. The number of halogens is 1. The number of carbonyl (C=O) groups is 1. The number of carbonyl (C=O) groups excluding carboxylic acids is 1. The lowest BCUT2D eigenvalue weighted by molar-refractivity contribution is 0.0672. The molecule has 1 amide bonds. The molecular formula is C20H24BrN3O3S2. The summed E-state index contributed by atoms with van der Waals surface area (Å²) in [6.45, 7) is 4.43. The number of aromatic nitrogens is 2. The summed E-state index contributed by atoms with van der Waals surface area (Å²) in [6.07, 6.45) is 2.97. The maximum atomic E-state index is 13.4. The normalized spacial score (nSPS) is 18.0. The van der Waals surface area contributed by atoms with Crippen LogP contribution in [0, 0.1) is 0 Å². The average Bonchev–Trinajstić information content (AvgIpc) is 3.07. The van der Waals surface area contributed by atoms with E-state index in [1.807, 2.05) is 31.2 Å². The van der Waals surface area contributed by atoms with Crippen LogP contribution in [0.2, 0.25) is 0 Å². The van der Waals surface area contributed by atoms with Crippen molar-refractivity contribution < 1.29 is 13.2 Å². The highest BCUT2D eigenvalue weighted by molar-refractivity contribution is 9.10. The maximum absolute atomic E-state index is 13.4.